The number of aromatic nitrogens is 1. The molecule has 1 aliphatic rings. The summed E-state index contributed by atoms with van der Waals surface area (Å²) in [4.78, 5) is 21.1. The topological polar surface area (TPSA) is 45.2 Å². The standard InChI is InChI=1S/C24H27N3OS/c1-17-18(2)29-24(26-23(28)19-10-5-3-6-11-19)21(17)22(20-12-9-13-25-16-20)27-14-7-4-8-15-27/h3,5-6,9-13,16,22H,4,7-8,14-15H2,1-2H3,(H,26,28)/t22-/m0/s1. The first-order chi connectivity index (χ1) is 14.1. The van der Waals surface area contributed by atoms with Crippen LogP contribution in [0.25, 0.3) is 0 Å². The molecular formula is C24H27N3OS. The minimum Gasteiger partial charge on any atom is -0.313 e. The molecule has 0 unspecified atom stereocenters. The van der Waals surface area contributed by atoms with Crippen LogP contribution < -0.4 is 5.32 Å². The molecule has 1 N–H and O–H groups in total. The van der Waals surface area contributed by atoms with E-state index in [1.807, 2.05) is 48.8 Å². The first-order valence-electron chi connectivity index (χ1n) is 10.3. The van der Waals surface area contributed by atoms with E-state index in [2.05, 4.69) is 35.1 Å². The molecule has 0 aliphatic carbocycles. The quantitative estimate of drug-likeness (QED) is 0.602. The number of carbonyl (C=O) groups is 1. The third-order valence-corrected chi connectivity index (χ3v) is 6.86. The molecular weight excluding hydrogens is 378 g/mol. The summed E-state index contributed by atoms with van der Waals surface area (Å²) in [6.07, 6.45) is 7.50. The molecule has 1 amide bonds. The molecule has 150 valence electrons. The van der Waals surface area contributed by atoms with Gasteiger partial charge in [-0.25, -0.2) is 0 Å². The van der Waals surface area contributed by atoms with Gasteiger partial charge in [-0.05, 0) is 69.1 Å². The second-order valence-electron chi connectivity index (χ2n) is 7.63. The fourth-order valence-electron chi connectivity index (χ4n) is 4.11. The number of hydrogen-bond acceptors (Lipinski definition) is 4. The molecule has 1 saturated heterocycles. The van der Waals surface area contributed by atoms with Crippen molar-refractivity contribution in [3.8, 4) is 0 Å². The van der Waals surface area contributed by atoms with Gasteiger partial charge in [-0.15, -0.1) is 11.3 Å². The lowest BCUT2D eigenvalue weighted by Gasteiger charge is -2.35. The summed E-state index contributed by atoms with van der Waals surface area (Å²) in [5, 5.41) is 4.16. The summed E-state index contributed by atoms with van der Waals surface area (Å²) < 4.78 is 0. The zero-order valence-electron chi connectivity index (χ0n) is 17.0. The number of pyridine rings is 1. The number of carbonyl (C=O) groups excluding carboxylic acids is 1. The number of rotatable bonds is 5. The lowest BCUT2D eigenvalue weighted by molar-refractivity contribution is 0.102. The lowest BCUT2D eigenvalue weighted by Crippen LogP contribution is -2.35. The molecule has 3 heterocycles. The van der Waals surface area contributed by atoms with Crippen molar-refractivity contribution in [1.82, 2.24) is 9.88 Å². The van der Waals surface area contributed by atoms with Gasteiger partial charge in [0.25, 0.3) is 5.91 Å². The Balaban J connectivity index is 1.75. The predicted octanol–water partition coefficient (Wildman–Crippen LogP) is 5.59. The van der Waals surface area contributed by atoms with Crippen molar-refractivity contribution in [2.24, 2.45) is 0 Å². The van der Waals surface area contributed by atoms with Crippen molar-refractivity contribution in [2.75, 3.05) is 18.4 Å². The van der Waals surface area contributed by atoms with Gasteiger partial charge in [-0.2, -0.15) is 0 Å². The Labute approximate surface area is 176 Å². The number of nitrogens with one attached hydrogen (secondary N) is 1. The van der Waals surface area contributed by atoms with Crippen LogP contribution in [-0.4, -0.2) is 28.9 Å². The summed E-state index contributed by atoms with van der Waals surface area (Å²) in [6.45, 7) is 6.45. The zero-order chi connectivity index (χ0) is 20.2. The first-order valence-corrected chi connectivity index (χ1v) is 11.1. The Morgan fingerprint density at radius 1 is 1.07 bits per heavy atom. The van der Waals surface area contributed by atoms with Crippen molar-refractivity contribution in [3.05, 3.63) is 82.0 Å². The second kappa shape index (κ2) is 8.89. The molecule has 2 aromatic heterocycles. The monoisotopic (exact) mass is 405 g/mol. The second-order valence-corrected chi connectivity index (χ2v) is 8.86. The largest absolute Gasteiger partial charge is 0.313 e. The van der Waals surface area contributed by atoms with Crippen molar-refractivity contribution >= 4 is 22.2 Å². The average molecular weight is 406 g/mol. The number of thiophene rings is 1. The number of amides is 1. The number of nitrogens with zero attached hydrogens (tertiary/aromatic N) is 2. The molecule has 4 nitrogen and oxygen atoms in total. The van der Waals surface area contributed by atoms with Crippen LogP contribution >= 0.6 is 11.3 Å². The summed E-state index contributed by atoms with van der Waals surface area (Å²) in [5.74, 6) is -0.0586. The molecule has 1 aromatic carbocycles. The Hall–Kier alpha value is -2.50. The Kier molecular flexibility index (Phi) is 6.07. The lowest BCUT2D eigenvalue weighted by atomic mass is 9.94. The van der Waals surface area contributed by atoms with Crippen molar-refractivity contribution in [2.45, 2.75) is 39.2 Å². The van der Waals surface area contributed by atoms with Crippen LogP contribution in [0.3, 0.4) is 0 Å². The van der Waals surface area contributed by atoms with Crippen LogP contribution in [0.4, 0.5) is 5.00 Å². The number of aryl methyl sites for hydroxylation is 1. The van der Waals surface area contributed by atoms with Gasteiger partial charge in [0.15, 0.2) is 0 Å². The molecule has 29 heavy (non-hydrogen) atoms. The molecule has 1 atom stereocenters. The van der Waals surface area contributed by atoms with E-state index >= 15 is 0 Å². The van der Waals surface area contributed by atoms with Crippen molar-refractivity contribution in [1.29, 1.82) is 0 Å². The summed E-state index contributed by atoms with van der Waals surface area (Å²) in [5.41, 5.74) is 4.34. The van der Waals surface area contributed by atoms with E-state index in [0.717, 1.165) is 18.1 Å². The van der Waals surface area contributed by atoms with Gasteiger partial charge < -0.3 is 5.32 Å². The first kappa shape index (κ1) is 19.8. The Morgan fingerprint density at radius 2 is 1.83 bits per heavy atom. The molecule has 1 aliphatic heterocycles. The van der Waals surface area contributed by atoms with E-state index in [1.165, 1.54) is 40.8 Å². The summed E-state index contributed by atoms with van der Waals surface area (Å²) in [7, 11) is 0. The van der Waals surface area contributed by atoms with Gasteiger partial charge in [0.2, 0.25) is 0 Å². The van der Waals surface area contributed by atoms with E-state index in [4.69, 9.17) is 0 Å². The van der Waals surface area contributed by atoms with E-state index < -0.39 is 0 Å². The number of piperidine rings is 1. The van der Waals surface area contributed by atoms with Crippen LogP contribution in [0.1, 0.15) is 57.2 Å². The van der Waals surface area contributed by atoms with Crippen molar-refractivity contribution in [3.63, 3.8) is 0 Å². The van der Waals surface area contributed by atoms with E-state index in [-0.39, 0.29) is 11.9 Å². The zero-order valence-corrected chi connectivity index (χ0v) is 17.8. The minimum absolute atomic E-state index is 0.0586. The summed E-state index contributed by atoms with van der Waals surface area (Å²) in [6, 6.07) is 13.7. The van der Waals surface area contributed by atoms with Crippen LogP contribution in [0.5, 0.6) is 0 Å². The Morgan fingerprint density at radius 3 is 2.52 bits per heavy atom. The smallest absolute Gasteiger partial charge is 0.256 e. The number of benzene rings is 1. The fourth-order valence-corrected chi connectivity index (χ4v) is 5.19. The van der Waals surface area contributed by atoms with E-state index in [1.54, 1.807) is 11.3 Å². The van der Waals surface area contributed by atoms with Crippen LogP contribution in [0.2, 0.25) is 0 Å². The molecule has 3 aromatic rings. The van der Waals surface area contributed by atoms with Crippen LogP contribution in [0, 0.1) is 13.8 Å². The normalized spacial score (nSPS) is 15.8. The third kappa shape index (κ3) is 4.26. The van der Waals surface area contributed by atoms with Gasteiger partial charge in [0, 0.05) is 28.4 Å². The highest BCUT2D eigenvalue weighted by atomic mass is 32.1. The fraction of sp³-hybridized carbons (Fsp3) is 0.333. The van der Waals surface area contributed by atoms with E-state index in [9.17, 15) is 4.79 Å². The highest BCUT2D eigenvalue weighted by molar-refractivity contribution is 7.16. The third-order valence-electron chi connectivity index (χ3n) is 5.72. The number of anilines is 1. The maximum absolute atomic E-state index is 12.9. The molecule has 0 spiro atoms. The number of likely N-dealkylation sites (tertiary alicyclic amines) is 1. The maximum atomic E-state index is 12.9. The Bertz CT molecular complexity index is 963. The highest BCUT2D eigenvalue weighted by Gasteiger charge is 2.30. The van der Waals surface area contributed by atoms with Gasteiger partial charge in [-0.3, -0.25) is 14.7 Å². The maximum Gasteiger partial charge on any atom is 0.256 e. The van der Waals surface area contributed by atoms with Crippen molar-refractivity contribution < 1.29 is 4.79 Å². The van der Waals surface area contributed by atoms with Crippen LogP contribution in [0.15, 0.2) is 54.9 Å². The molecule has 0 radical (unpaired) electrons. The van der Waals surface area contributed by atoms with Gasteiger partial charge >= 0.3 is 0 Å². The van der Waals surface area contributed by atoms with Gasteiger partial charge in [0.1, 0.15) is 5.00 Å². The average Bonchev–Trinajstić information content (AvgIpc) is 3.04. The molecule has 4 rings (SSSR count). The van der Waals surface area contributed by atoms with Gasteiger partial charge in [-0.1, -0.05) is 30.7 Å². The molecule has 0 saturated carbocycles. The van der Waals surface area contributed by atoms with Crippen LogP contribution in [-0.2, 0) is 0 Å². The van der Waals surface area contributed by atoms with E-state index in [0.29, 0.717) is 5.56 Å². The molecule has 0 bridgehead atoms. The SMILES string of the molecule is Cc1sc(NC(=O)c2ccccc2)c([C@H](c2cccnc2)N2CCCCC2)c1C. The summed E-state index contributed by atoms with van der Waals surface area (Å²) >= 11 is 1.67. The number of hydrogen-bond donors (Lipinski definition) is 1. The molecule has 5 heteroatoms. The predicted molar refractivity (Wildman–Crippen MR) is 120 cm³/mol. The van der Waals surface area contributed by atoms with Gasteiger partial charge in [0.05, 0.1) is 6.04 Å². The highest BCUT2D eigenvalue weighted by Crippen LogP contribution is 2.42. The minimum atomic E-state index is -0.0586. The molecule has 1 fully saturated rings.